The van der Waals surface area contributed by atoms with Crippen LogP contribution in [0.4, 0.5) is 5.69 Å². The van der Waals surface area contributed by atoms with Crippen LogP contribution in [0.15, 0.2) is 29.2 Å². The molecule has 2 aliphatic rings. The number of nitrogens with one attached hydrogen (secondary N) is 2. The molecular weight excluding hydrogens is 260 g/mol. The molecule has 5 heteroatoms. The lowest BCUT2D eigenvalue weighted by molar-refractivity contribution is 0.581. The van der Waals surface area contributed by atoms with Crippen LogP contribution in [0, 0.1) is 0 Å². The molecule has 0 bridgehead atoms. The van der Waals surface area contributed by atoms with Crippen LogP contribution in [-0.2, 0) is 10.0 Å². The van der Waals surface area contributed by atoms with Gasteiger partial charge in [-0.25, -0.2) is 13.1 Å². The number of sulfonamides is 1. The third kappa shape index (κ3) is 3.28. The van der Waals surface area contributed by atoms with Crippen LogP contribution in [0.5, 0.6) is 0 Å². The Kier molecular flexibility index (Phi) is 3.50. The standard InChI is InChI=1S/C14H20N2O2S/c17-19(18,16-13-5-6-13)14-9-7-12(8-10-14)15-11-3-1-2-4-11/h7-11,13,15-16H,1-6H2. The molecule has 0 aliphatic heterocycles. The number of hydrogen-bond acceptors (Lipinski definition) is 3. The van der Waals surface area contributed by atoms with E-state index in [4.69, 9.17) is 0 Å². The molecule has 0 atom stereocenters. The van der Waals surface area contributed by atoms with Gasteiger partial charge in [-0.05, 0) is 49.9 Å². The van der Waals surface area contributed by atoms with Gasteiger partial charge in [-0.2, -0.15) is 0 Å². The fraction of sp³-hybridized carbons (Fsp3) is 0.571. The number of benzene rings is 1. The zero-order chi connectivity index (χ0) is 13.3. The van der Waals surface area contributed by atoms with E-state index >= 15 is 0 Å². The second-order valence-electron chi connectivity index (χ2n) is 5.55. The summed E-state index contributed by atoms with van der Waals surface area (Å²) in [5.74, 6) is 0. The largest absolute Gasteiger partial charge is 0.382 e. The van der Waals surface area contributed by atoms with Gasteiger partial charge in [-0.3, -0.25) is 0 Å². The van der Waals surface area contributed by atoms with E-state index < -0.39 is 10.0 Å². The normalized spacial score (nSPS) is 20.6. The number of anilines is 1. The highest BCUT2D eigenvalue weighted by Crippen LogP contribution is 2.24. The SMILES string of the molecule is O=S(=O)(NC1CC1)c1ccc(NC2CCCC2)cc1. The molecule has 3 rings (SSSR count). The molecule has 4 nitrogen and oxygen atoms in total. The van der Waals surface area contributed by atoms with Crippen LogP contribution in [-0.4, -0.2) is 20.5 Å². The van der Waals surface area contributed by atoms with Crippen molar-refractivity contribution in [1.29, 1.82) is 0 Å². The highest BCUT2D eigenvalue weighted by Gasteiger charge is 2.27. The van der Waals surface area contributed by atoms with E-state index in [1.54, 1.807) is 12.1 Å². The van der Waals surface area contributed by atoms with Crippen molar-refractivity contribution in [3.8, 4) is 0 Å². The highest BCUT2D eigenvalue weighted by molar-refractivity contribution is 7.89. The monoisotopic (exact) mass is 280 g/mol. The van der Waals surface area contributed by atoms with Gasteiger partial charge in [0.15, 0.2) is 0 Å². The summed E-state index contributed by atoms with van der Waals surface area (Å²) >= 11 is 0. The molecule has 19 heavy (non-hydrogen) atoms. The zero-order valence-electron chi connectivity index (χ0n) is 10.9. The van der Waals surface area contributed by atoms with Gasteiger partial charge in [0.2, 0.25) is 10.0 Å². The van der Waals surface area contributed by atoms with E-state index in [0.29, 0.717) is 10.9 Å². The van der Waals surface area contributed by atoms with E-state index in [0.717, 1.165) is 18.5 Å². The van der Waals surface area contributed by atoms with Crippen LogP contribution in [0.3, 0.4) is 0 Å². The molecule has 2 fully saturated rings. The Bertz CT molecular complexity index is 529. The topological polar surface area (TPSA) is 58.2 Å². The van der Waals surface area contributed by atoms with Crippen LogP contribution in [0.25, 0.3) is 0 Å². The lowest BCUT2D eigenvalue weighted by Crippen LogP contribution is -2.25. The Morgan fingerprint density at radius 1 is 0.895 bits per heavy atom. The minimum atomic E-state index is -3.32. The van der Waals surface area contributed by atoms with Crippen molar-refractivity contribution >= 4 is 15.7 Å². The average molecular weight is 280 g/mol. The van der Waals surface area contributed by atoms with Crippen molar-refractivity contribution in [3.05, 3.63) is 24.3 Å². The van der Waals surface area contributed by atoms with E-state index in [-0.39, 0.29) is 6.04 Å². The van der Waals surface area contributed by atoms with Crippen molar-refractivity contribution in [2.24, 2.45) is 0 Å². The minimum Gasteiger partial charge on any atom is -0.382 e. The Morgan fingerprint density at radius 3 is 2.11 bits per heavy atom. The fourth-order valence-corrected chi connectivity index (χ4v) is 3.83. The average Bonchev–Trinajstić information content (AvgIpc) is 3.03. The van der Waals surface area contributed by atoms with Gasteiger partial charge in [-0.15, -0.1) is 0 Å². The van der Waals surface area contributed by atoms with E-state index in [1.807, 2.05) is 12.1 Å². The smallest absolute Gasteiger partial charge is 0.240 e. The third-order valence-corrected chi connectivity index (χ3v) is 5.33. The molecule has 0 spiro atoms. The van der Waals surface area contributed by atoms with Gasteiger partial charge in [0.05, 0.1) is 4.90 Å². The van der Waals surface area contributed by atoms with Crippen LogP contribution in [0.2, 0.25) is 0 Å². The second kappa shape index (κ2) is 5.13. The van der Waals surface area contributed by atoms with Crippen molar-refractivity contribution in [2.75, 3.05) is 5.32 Å². The first-order valence-electron chi connectivity index (χ1n) is 7.02. The summed E-state index contributed by atoms with van der Waals surface area (Å²) in [5, 5.41) is 3.46. The summed E-state index contributed by atoms with van der Waals surface area (Å²) in [4.78, 5) is 0.358. The highest BCUT2D eigenvalue weighted by atomic mass is 32.2. The van der Waals surface area contributed by atoms with Gasteiger partial charge < -0.3 is 5.32 Å². The van der Waals surface area contributed by atoms with Crippen molar-refractivity contribution in [2.45, 2.75) is 55.5 Å². The van der Waals surface area contributed by atoms with Gasteiger partial charge >= 0.3 is 0 Å². The number of rotatable bonds is 5. The molecule has 0 unspecified atom stereocenters. The molecule has 0 amide bonds. The van der Waals surface area contributed by atoms with Gasteiger partial charge in [0.25, 0.3) is 0 Å². The molecule has 2 aliphatic carbocycles. The Morgan fingerprint density at radius 2 is 1.53 bits per heavy atom. The van der Waals surface area contributed by atoms with Crippen LogP contribution < -0.4 is 10.0 Å². The Hall–Kier alpha value is -1.07. The molecule has 0 aromatic heterocycles. The first kappa shape index (κ1) is 12.9. The maximum Gasteiger partial charge on any atom is 0.240 e. The van der Waals surface area contributed by atoms with Crippen LogP contribution >= 0.6 is 0 Å². The van der Waals surface area contributed by atoms with E-state index in [1.165, 1.54) is 25.7 Å². The quantitative estimate of drug-likeness (QED) is 0.871. The molecule has 0 saturated heterocycles. The maximum atomic E-state index is 12.0. The molecule has 2 N–H and O–H groups in total. The van der Waals surface area contributed by atoms with Gasteiger partial charge in [0.1, 0.15) is 0 Å². The molecule has 0 heterocycles. The lowest BCUT2D eigenvalue weighted by atomic mass is 10.2. The lowest BCUT2D eigenvalue weighted by Gasteiger charge is -2.14. The molecular formula is C14H20N2O2S. The predicted molar refractivity (Wildman–Crippen MR) is 75.7 cm³/mol. The summed E-state index contributed by atoms with van der Waals surface area (Å²) in [7, 11) is -3.32. The van der Waals surface area contributed by atoms with Crippen molar-refractivity contribution < 1.29 is 8.42 Å². The minimum absolute atomic E-state index is 0.154. The summed E-state index contributed by atoms with van der Waals surface area (Å²) in [6, 6.07) is 7.79. The molecule has 1 aromatic rings. The van der Waals surface area contributed by atoms with Crippen LogP contribution in [0.1, 0.15) is 38.5 Å². The van der Waals surface area contributed by atoms with Crippen molar-refractivity contribution in [1.82, 2.24) is 4.72 Å². The fourth-order valence-electron chi connectivity index (χ4n) is 2.52. The molecule has 1 aromatic carbocycles. The molecule has 104 valence electrons. The second-order valence-corrected chi connectivity index (χ2v) is 7.26. The summed E-state index contributed by atoms with van der Waals surface area (Å²) in [6.45, 7) is 0. The van der Waals surface area contributed by atoms with Gasteiger partial charge in [0, 0.05) is 17.8 Å². The first-order valence-corrected chi connectivity index (χ1v) is 8.51. The van der Waals surface area contributed by atoms with Gasteiger partial charge in [-0.1, -0.05) is 12.8 Å². The summed E-state index contributed by atoms with van der Waals surface area (Å²) in [5.41, 5.74) is 1.01. The molecule has 2 saturated carbocycles. The van der Waals surface area contributed by atoms with E-state index in [9.17, 15) is 8.42 Å². The zero-order valence-corrected chi connectivity index (χ0v) is 11.7. The third-order valence-electron chi connectivity index (χ3n) is 3.79. The summed E-state index contributed by atoms with van der Waals surface area (Å²) in [6.07, 6.45) is 6.92. The van der Waals surface area contributed by atoms with E-state index in [2.05, 4.69) is 10.0 Å². The molecule has 0 radical (unpaired) electrons. The Labute approximate surface area is 114 Å². The maximum absolute atomic E-state index is 12.0. The van der Waals surface area contributed by atoms with Crippen molar-refractivity contribution in [3.63, 3.8) is 0 Å². The summed E-state index contributed by atoms with van der Waals surface area (Å²) < 4.78 is 26.7. The Balaban J connectivity index is 1.67. The first-order chi connectivity index (χ1) is 9.13. The number of hydrogen-bond donors (Lipinski definition) is 2. The predicted octanol–water partition coefficient (Wildman–Crippen LogP) is 2.48.